The van der Waals surface area contributed by atoms with Crippen LogP contribution in [0.4, 0.5) is 0 Å². The van der Waals surface area contributed by atoms with Crippen molar-refractivity contribution in [3.05, 3.63) is 73.5 Å². The fourth-order valence-electron chi connectivity index (χ4n) is 8.03. The maximum atomic E-state index is 13.4. The fourth-order valence-corrected chi connectivity index (χ4v) is 8.03. The number of esters is 2. The summed E-state index contributed by atoms with van der Waals surface area (Å²) in [6, 6.07) is -0.245. The Morgan fingerprint density at radius 3 is 2.47 bits per heavy atom. The molecule has 45 heavy (non-hydrogen) atoms. The number of carbonyl (C=O) groups is 2. The average Bonchev–Trinajstić information content (AvgIpc) is 3.76. The van der Waals surface area contributed by atoms with E-state index in [0.29, 0.717) is 11.6 Å². The molecular weight excluding hydrogens is 568 g/mol. The molecule has 0 amide bonds. The number of nitrogens with one attached hydrogen (secondary N) is 4. The molecule has 2 unspecified atom stereocenters. The second-order valence-corrected chi connectivity index (χ2v) is 12.7. The van der Waals surface area contributed by atoms with Gasteiger partial charge in [-0.15, -0.1) is 0 Å². The standard InChI is InChI=1S/C36H44N4O5/c1-9-20-16(3)23-13-25-18(5)22(11-12-29(41)44-7)33(39-25)31-32(36(43)45-8)35(42)30-19(6)26(40-34(30)31)15-28-21(10-2)17(4)24(38-28)14-27(20)37-23/h9,13,15,18,22,24,32-33,37-40,42H,1,10-12,14H2,2-8H3/b25-13-,28-15-/t18-,22-,24?,32+,33?/m0/s1. The van der Waals surface area contributed by atoms with Crippen LogP contribution in [0.3, 0.4) is 0 Å². The second-order valence-electron chi connectivity index (χ2n) is 12.7. The number of carbonyl (C=O) groups excluding carboxylic acids is 2. The third-order valence-electron chi connectivity index (χ3n) is 10.6. The number of allylic oxidation sites excluding steroid dienone is 2. The molecule has 2 aromatic rings. The van der Waals surface area contributed by atoms with Crippen LogP contribution < -0.4 is 21.2 Å². The van der Waals surface area contributed by atoms with E-state index in [2.05, 4.69) is 67.0 Å². The molecule has 8 bridgehead atoms. The lowest BCUT2D eigenvalue weighted by atomic mass is 9.80. The molecule has 9 heteroatoms. The molecule has 3 aliphatic heterocycles. The van der Waals surface area contributed by atoms with Gasteiger partial charge in [0.1, 0.15) is 11.7 Å². The molecule has 2 aromatic heterocycles. The van der Waals surface area contributed by atoms with Crippen LogP contribution in [-0.2, 0) is 25.5 Å². The van der Waals surface area contributed by atoms with Crippen molar-refractivity contribution < 1.29 is 24.2 Å². The number of aromatic amines is 2. The summed E-state index contributed by atoms with van der Waals surface area (Å²) < 4.78 is 10.2. The minimum absolute atomic E-state index is 0.00913. The minimum Gasteiger partial charge on any atom is -0.510 e. The molecule has 238 valence electrons. The van der Waals surface area contributed by atoms with Crippen LogP contribution in [0.15, 0.2) is 29.1 Å². The lowest BCUT2D eigenvalue weighted by molar-refractivity contribution is -0.142. The highest BCUT2D eigenvalue weighted by Gasteiger charge is 2.47. The van der Waals surface area contributed by atoms with Crippen molar-refractivity contribution >= 4 is 41.5 Å². The van der Waals surface area contributed by atoms with Gasteiger partial charge in [-0.3, -0.25) is 9.59 Å². The first-order valence-corrected chi connectivity index (χ1v) is 15.8. The van der Waals surface area contributed by atoms with Gasteiger partial charge in [-0.05, 0) is 85.1 Å². The smallest absolute Gasteiger partial charge is 0.320 e. The summed E-state index contributed by atoms with van der Waals surface area (Å²) in [5.41, 5.74) is 11.4. The van der Waals surface area contributed by atoms with Crippen molar-refractivity contribution in [3.8, 4) is 0 Å². The summed E-state index contributed by atoms with van der Waals surface area (Å²) in [4.78, 5) is 33.0. The van der Waals surface area contributed by atoms with Crippen LogP contribution in [0.2, 0.25) is 0 Å². The fraction of sp³-hybridized carbons (Fsp3) is 0.444. The van der Waals surface area contributed by atoms with E-state index in [1.807, 2.05) is 13.0 Å². The molecule has 0 aromatic carbocycles. The Morgan fingerprint density at radius 2 is 1.80 bits per heavy atom. The van der Waals surface area contributed by atoms with E-state index in [1.165, 1.54) is 25.4 Å². The summed E-state index contributed by atoms with van der Waals surface area (Å²) in [5.74, 6) is -1.83. The number of hydrogen-bond donors (Lipinski definition) is 5. The molecule has 4 aliphatic rings. The average molecular weight is 613 g/mol. The largest absolute Gasteiger partial charge is 0.510 e. The Morgan fingerprint density at radius 1 is 1.07 bits per heavy atom. The van der Waals surface area contributed by atoms with Gasteiger partial charge in [0.25, 0.3) is 0 Å². The summed E-state index contributed by atoms with van der Waals surface area (Å²) in [6.45, 7) is 14.7. The quantitative estimate of drug-likeness (QED) is 0.312. The number of ether oxygens (including phenoxy) is 2. The van der Waals surface area contributed by atoms with E-state index < -0.39 is 11.9 Å². The third-order valence-corrected chi connectivity index (χ3v) is 10.6. The SMILES string of the molecule is C=Cc1c2[nH]c(c1C)/C=C1\NC(C3=c4[nH]c(c(C)c4=C(O)[C@@H]3C(=O)OC)/C=C3\NC(C2)C(C)=C3CC)[C@@H](CCC(=O)OC)[C@@H]1C. The van der Waals surface area contributed by atoms with Gasteiger partial charge in [0.15, 0.2) is 0 Å². The first kappa shape index (κ1) is 30.6. The number of rotatable bonds is 6. The Bertz CT molecular complexity index is 1830. The van der Waals surface area contributed by atoms with E-state index in [4.69, 9.17) is 9.47 Å². The van der Waals surface area contributed by atoms with E-state index in [-0.39, 0.29) is 42.1 Å². The number of aliphatic hydroxyl groups is 1. The summed E-state index contributed by atoms with van der Waals surface area (Å²) in [5, 5.41) is 20.6. The zero-order valence-corrected chi connectivity index (χ0v) is 27.2. The summed E-state index contributed by atoms with van der Waals surface area (Å²) >= 11 is 0. The van der Waals surface area contributed by atoms with Crippen LogP contribution in [0.25, 0.3) is 29.6 Å². The Labute approximate surface area is 263 Å². The number of aliphatic hydroxyl groups excluding tert-OH is 1. The highest BCUT2D eigenvalue weighted by molar-refractivity contribution is 5.95. The lowest BCUT2D eigenvalue weighted by Crippen LogP contribution is -2.38. The van der Waals surface area contributed by atoms with E-state index in [9.17, 15) is 14.7 Å². The molecule has 0 spiro atoms. The zero-order chi connectivity index (χ0) is 32.3. The number of methoxy groups -OCH3 is 2. The molecular formula is C36H44N4O5. The van der Waals surface area contributed by atoms with Gasteiger partial charge < -0.3 is 35.2 Å². The maximum Gasteiger partial charge on any atom is 0.320 e. The maximum absolute atomic E-state index is 13.4. The molecule has 5 atom stereocenters. The van der Waals surface area contributed by atoms with Crippen LogP contribution in [0.1, 0.15) is 73.8 Å². The van der Waals surface area contributed by atoms with Gasteiger partial charge in [0, 0.05) is 52.5 Å². The number of H-pyrrole nitrogens is 2. The van der Waals surface area contributed by atoms with Crippen LogP contribution in [0.5, 0.6) is 0 Å². The molecule has 5 heterocycles. The zero-order valence-electron chi connectivity index (χ0n) is 27.2. The molecule has 5 N–H and O–H groups in total. The summed E-state index contributed by atoms with van der Waals surface area (Å²) in [6.07, 6.45) is 8.64. The Kier molecular flexibility index (Phi) is 7.83. The highest BCUT2D eigenvalue weighted by atomic mass is 16.5. The van der Waals surface area contributed by atoms with E-state index in [0.717, 1.165) is 68.9 Å². The first-order chi connectivity index (χ1) is 21.5. The van der Waals surface area contributed by atoms with Crippen molar-refractivity contribution in [2.24, 2.45) is 17.8 Å². The van der Waals surface area contributed by atoms with Gasteiger partial charge in [-0.1, -0.05) is 26.5 Å². The molecule has 0 radical (unpaired) electrons. The first-order valence-electron chi connectivity index (χ1n) is 15.8. The molecule has 1 saturated heterocycles. The van der Waals surface area contributed by atoms with Gasteiger partial charge in [-0.2, -0.15) is 0 Å². The second kappa shape index (κ2) is 11.5. The number of hydrogen-bond acceptors (Lipinski definition) is 7. The normalized spacial score (nSPS) is 27.4. The van der Waals surface area contributed by atoms with Gasteiger partial charge >= 0.3 is 11.9 Å². The molecule has 9 nitrogen and oxygen atoms in total. The predicted molar refractivity (Wildman–Crippen MR) is 176 cm³/mol. The van der Waals surface area contributed by atoms with Crippen molar-refractivity contribution in [2.45, 2.75) is 72.4 Å². The number of aromatic nitrogens is 2. The molecule has 1 aliphatic carbocycles. The van der Waals surface area contributed by atoms with Crippen LogP contribution in [-0.4, -0.2) is 53.3 Å². The number of fused-ring (bicyclic) bond motifs is 8. The van der Waals surface area contributed by atoms with Gasteiger partial charge in [0.2, 0.25) is 0 Å². The van der Waals surface area contributed by atoms with Gasteiger partial charge in [0.05, 0.1) is 31.7 Å². The van der Waals surface area contributed by atoms with Crippen molar-refractivity contribution in [1.82, 2.24) is 20.6 Å². The van der Waals surface area contributed by atoms with Crippen LogP contribution >= 0.6 is 0 Å². The molecule has 1 fully saturated rings. The lowest BCUT2D eigenvalue weighted by Gasteiger charge is -2.26. The topological polar surface area (TPSA) is 128 Å². The van der Waals surface area contributed by atoms with Gasteiger partial charge in [-0.25, -0.2) is 0 Å². The Hall–Kier alpha value is -4.40. The van der Waals surface area contributed by atoms with E-state index >= 15 is 0 Å². The van der Waals surface area contributed by atoms with E-state index in [1.54, 1.807) is 0 Å². The van der Waals surface area contributed by atoms with Crippen LogP contribution in [0, 0.1) is 31.6 Å². The van der Waals surface area contributed by atoms with Crippen molar-refractivity contribution in [1.29, 1.82) is 0 Å². The van der Waals surface area contributed by atoms with Crippen molar-refractivity contribution in [2.75, 3.05) is 14.2 Å². The summed E-state index contributed by atoms with van der Waals surface area (Å²) in [7, 11) is 2.74. The Balaban J connectivity index is 1.64. The molecule has 6 rings (SSSR count). The monoisotopic (exact) mass is 612 g/mol. The van der Waals surface area contributed by atoms with Crippen molar-refractivity contribution in [3.63, 3.8) is 0 Å². The predicted octanol–water partition coefficient (Wildman–Crippen LogP) is 4.04. The third kappa shape index (κ3) is 4.75. The highest BCUT2D eigenvalue weighted by Crippen LogP contribution is 2.42. The minimum atomic E-state index is -0.964. The molecule has 0 saturated carbocycles.